The number of para-hydroxylation sites is 1. The van der Waals surface area contributed by atoms with Crippen molar-refractivity contribution in [3.8, 4) is 0 Å². The summed E-state index contributed by atoms with van der Waals surface area (Å²) >= 11 is 1.47. The van der Waals surface area contributed by atoms with Crippen LogP contribution in [0.15, 0.2) is 35.1 Å². The molecule has 148 valence electrons. The summed E-state index contributed by atoms with van der Waals surface area (Å²) in [5.74, 6) is 0.465. The molecule has 5 nitrogen and oxygen atoms in total. The van der Waals surface area contributed by atoms with Crippen molar-refractivity contribution < 1.29 is 9.53 Å². The summed E-state index contributed by atoms with van der Waals surface area (Å²) in [5, 5.41) is 0. The highest BCUT2D eigenvalue weighted by Gasteiger charge is 2.33. The number of benzene rings is 1. The van der Waals surface area contributed by atoms with E-state index in [0.29, 0.717) is 22.0 Å². The zero-order valence-corrected chi connectivity index (χ0v) is 17.4. The van der Waals surface area contributed by atoms with Crippen LogP contribution in [0.5, 0.6) is 0 Å². The quantitative estimate of drug-likeness (QED) is 0.594. The summed E-state index contributed by atoms with van der Waals surface area (Å²) in [4.78, 5) is 30.2. The van der Waals surface area contributed by atoms with Crippen molar-refractivity contribution in [2.75, 3.05) is 0 Å². The lowest BCUT2D eigenvalue weighted by atomic mass is 9.70. The van der Waals surface area contributed by atoms with Gasteiger partial charge in [-0.2, -0.15) is 0 Å². The van der Waals surface area contributed by atoms with E-state index in [9.17, 15) is 9.59 Å². The number of nitrogens with zero attached hydrogens (tertiary/aromatic N) is 2. The van der Waals surface area contributed by atoms with Crippen LogP contribution < -0.4 is 5.56 Å². The Morgan fingerprint density at radius 2 is 1.93 bits per heavy atom. The van der Waals surface area contributed by atoms with Crippen LogP contribution in [0.1, 0.15) is 52.1 Å². The van der Waals surface area contributed by atoms with Gasteiger partial charge >= 0.3 is 5.97 Å². The second-order valence-electron chi connectivity index (χ2n) is 8.80. The lowest BCUT2D eigenvalue weighted by Gasteiger charge is -2.36. The number of carbonyl (C=O) groups excluding carboxylic acids is 1. The second kappa shape index (κ2) is 7.32. The Labute approximate surface area is 168 Å². The number of rotatable bonds is 3. The van der Waals surface area contributed by atoms with E-state index in [1.54, 1.807) is 4.40 Å². The fraction of sp³-hybridized carbons (Fsp3) is 0.500. The molecule has 0 saturated heterocycles. The van der Waals surface area contributed by atoms with Crippen molar-refractivity contribution in [2.45, 2.75) is 53.1 Å². The lowest BCUT2D eigenvalue weighted by Crippen LogP contribution is -2.29. The fourth-order valence-corrected chi connectivity index (χ4v) is 5.20. The number of hydrogen-bond donors (Lipinski definition) is 0. The highest BCUT2D eigenvalue weighted by atomic mass is 32.1. The molecule has 1 fully saturated rings. The van der Waals surface area contributed by atoms with Gasteiger partial charge in [-0.3, -0.25) is 14.0 Å². The van der Waals surface area contributed by atoms with Gasteiger partial charge in [-0.25, -0.2) is 4.98 Å². The first-order valence-corrected chi connectivity index (χ1v) is 10.7. The molecule has 0 atom stereocenters. The van der Waals surface area contributed by atoms with Crippen LogP contribution in [0, 0.1) is 17.3 Å². The van der Waals surface area contributed by atoms with Gasteiger partial charge in [-0.1, -0.05) is 44.2 Å². The summed E-state index contributed by atoms with van der Waals surface area (Å²) in [7, 11) is 0. The zero-order chi connectivity index (χ0) is 19.9. The zero-order valence-electron chi connectivity index (χ0n) is 16.6. The third-order valence-corrected chi connectivity index (χ3v) is 6.92. The second-order valence-corrected chi connectivity index (χ2v) is 9.80. The number of ether oxygens (including phenoxy) is 1. The van der Waals surface area contributed by atoms with E-state index in [0.717, 1.165) is 35.9 Å². The van der Waals surface area contributed by atoms with Crippen molar-refractivity contribution in [2.24, 2.45) is 17.3 Å². The first kappa shape index (κ1) is 19.1. The molecule has 4 rings (SSSR count). The average Bonchev–Trinajstić information content (AvgIpc) is 3.04. The lowest BCUT2D eigenvalue weighted by molar-refractivity contribution is -0.151. The Morgan fingerprint density at radius 3 is 2.64 bits per heavy atom. The molecule has 1 saturated carbocycles. The summed E-state index contributed by atoms with van der Waals surface area (Å²) in [6.45, 7) is 6.86. The molecule has 0 N–H and O–H groups in total. The Kier molecular flexibility index (Phi) is 5.00. The maximum atomic E-state index is 12.5. The topological polar surface area (TPSA) is 60.7 Å². The molecular weight excluding hydrogens is 372 g/mol. The molecule has 0 unspecified atom stereocenters. The third kappa shape index (κ3) is 3.70. The molecular formula is C22H26N2O3S. The first-order valence-electron chi connectivity index (χ1n) is 9.90. The van der Waals surface area contributed by atoms with E-state index in [1.807, 2.05) is 24.3 Å². The maximum Gasteiger partial charge on any atom is 0.309 e. The van der Waals surface area contributed by atoms with Gasteiger partial charge in [0.15, 0.2) is 4.96 Å². The van der Waals surface area contributed by atoms with E-state index in [1.165, 1.54) is 17.4 Å². The van der Waals surface area contributed by atoms with Crippen molar-refractivity contribution in [3.05, 3.63) is 46.4 Å². The normalized spacial score (nSPS) is 20.5. The van der Waals surface area contributed by atoms with Gasteiger partial charge in [0.25, 0.3) is 5.56 Å². The number of aromatic nitrogens is 2. The van der Waals surface area contributed by atoms with Gasteiger partial charge in [0.2, 0.25) is 0 Å². The van der Waals surface area contributed by atoms with Gasteiger partial charge in [-0.15, -0.1) is 0 Å². The van der Waals surface area contributed by atoms with E-state index in [4.69, 9.17) is 4.74 Å². The van der Waals surface area contributed by atoms with E-state index < -0.39 is 0 Å². The van der Waals surface area contributed by atoms with E-state index in [-0.39, 0.29) is 24.1 Å². The number of carbonyl (C=O) groups is 1. The molecule has 2 aromatic heterocycles. The molecule has 0 amide bonds. The predicted molar refractivity (Wildman–Crippen MR) is 112 cm³/mol. The Morgan fingerprint density at radius 1 is 1.21 bits per heavy atom. The molecule has 28 heavy (non-hydrogen) atoms. The number of hydrogen-bond acceptors (Lipinski definition) is 5. The standard InChI is InChI=1S/C22H26N2O3S/c1-22(2,3)15-10-8-14(9-11-15)20(26)27-13-16-12-19(25)24-17-6-4-5-7-18(17)28-21(24)23-16/h4-7,12,14-15H,8-11,13H2,1-3H3. The maximum absolute atomic E-state index is 12.5. The van der Waals surface area contributed by atoms with Crippen LogP contribution in [0.4, 0.5) is 0 Å². The van der Waals surface area contributed by atoms with Crippen LogP contribution in [0.2, 0.25) is 0 Å². The van der Waals surface area contributed by atoms with Crippen LogP contribution in [-0.2, 0) is 16.1 Å². The highest BCUT2D eigenvalue weighted by Crippen LogP contribution is 2.40. The third-order valence-electron chi connectivity index (χ3n) is 5.90. The van der Waals surface area contributed by atoms with E-state index in [2.05, 4.69) is 25.8 Å². The summed E-state index contributed by atoms with van der Waals surface area (Å²) in [6, 6.07) is 9.21. The smallest absolute Gasteiger partial charge is 0.309 e. The fourth-order valence-electron chi connectivity index (χ4n) is 4.16. The molecule has 0 aliphatic heterocycles. The van der Waals surface area contributed by atoms with Gasteiger partial charge < -0.3 is 4.74 Å². The first-order chi connectivity index (χ1) is 13.3. The number of fused-ring (bicyclic) bond motifs is 3. The molecule has 1 aromatic carbocycles. The predicted octanol–water partition coefficient (Wildman–Crippen LogP) is 4.80. The molecule has 0 bridgehead atoms. The summed E-state index contributed by atoms with van der Waals surface area (Å²) in [5.41, 5.74) is 1.52. The summed E-state index contributed by atoms with van der Waals surface area (Å²) < 4.78 is 8.14. The SMILES string of the molecule is CC(C)(C)C1CCC(C(=O)OCc2cc(=O)n3c(n2)sc2ccccc23)CC1. The largest absolute Gasteiger partial charge is 0.459 e. The van der Waals surface area contributed by atoms with Crippen molar-refractivity contribution in [1.29, 1.82) is 0 Å². The van der Waals surface area contributed by atoms with Crippen LogP contribution in [0.25, 0.3) is 15.2 Å². The molecule has 6 heteroatoms. The minimum atomic E-state index is -0.161. The molecule has 2 heterocycles. The van der Waals surface area contributed by atoms with E-state index >= 15 is 0 Å². The molecule has 1 aliphatic rings. The monoisotopic (exact) mass is 398 g/mol. The Hall–Kier alpha value is -2.21. The molecule has 1 aliphatic carbocycles. The minimum absolute atomic E-state index is 0.0345. The molecule has 0 radical (unpaired) electrons. The number of esters is 1. The van der Waals surface area contributed by atoms with Crippen LogP contribution >= 0.6 is 11.3 Å². The molecule has 0 spiro atoms. The van der Waals surface area contributed by atoms with Crippen LogP contribution in [0.3, 0.4) is 0 Å². The van der Waals surface area contributed by atoms with Crippen LogP contribution in [-0.4, -0.2) is 15.4 Å². The van der Waals surface area contributed by atoms with Gasteiger partial charge in [0, 0.05) is 6.07 Å². The average molecular weight is 399 g/mol. The Bertz CT molecular complexity index is 1070. The molecule has 3 aromatic rings. The van der Waals surface area contributed by atoms with Crippen molar-refractivity contribution >= 4 is 32.5 Å². The highest BCUT2D eigenvalue weighted by molar-refractivity contribution is 7.23. The van der Waals surface area contributed by atoms with Crippen molar-refractivity contribution in [1.82, 2.24) is 9.38 Å². The summed E-state index contributed by atoms with van der Waals surface area (Å²) in [6.07, 6.45) is 3.89. The number of thiazole rings is 1. The Balaban J connectivity index is 1.44. The van der Waals surface area contributed by atoms with Crippen molar-refractivity contribution in [3.63, 3.8) is 0 Å². The van der Waals surface area contributed by atoms with Gasteiger partial charge in [0.05, 0.1) is 21.8 Å². The van der Waals surface area contributed by atoms with Gasteiger partial charge in [-0.05, 0) is 49.1 Å². The van der Waals surface area contributed by atoms with Gasteiger partial charge in [0.1, 0.15) is 6.61 Å². The minimum Gasteiger partial charge on any atom is -0.459 e.